The SMILES string of the molecule is Cc1c(Cl)ccc2c(CC(N)=O)c(C)n(C)c12. The average molecular weight is 251 g/mol. The first kappa shape index (κ1) is 12.0. The predicted molar refractivity (Wildman–Crippen MR) is 70.3 cm³/mol. The molecule has 1 amide bonds. The van der Waals surface area contributed by atoms with E-state index in [1.807, 2.05) is 33.0 Å². The fraction of sp³-hybridized carbons (Fsp3) is 0.308. The summed E-state index contributed by atoms with van der Waals surface area (Å²) in [5.41, 5.74) is 9.45. The van der Waals surface area contributed by atoms with Gasteiger partial charge in [-0.1, -0.05) is 17.7 Å². The maximum absolute atomic E-state index is 11.1. The Morgan fingerprint density at radius 1 is 1.41 bits per heavy atom. The summed E-state index contributed by atoms with van der Waals surface area (Å²) >= 11 is 6.12. The van der Waals surface area contributed by atoms with Crippen LogP contribution in [0.15, 0.2) is 12.1 Å². The van der Waals surface area contributed by atoms with Crippen molar-refractivity contribution < 1.29 is 4.79 Å². The number of nitrogens with two attached hydrogens (primary N) is 1. The minimum absolute atomic E-state index is 0.268. The number of amides is 1. The summed E-state index contributed by atoms with van der Waals surface area (Å²) in [6.07, 6.45) is 0.268. The molecule has 0 saturated heterocycles. The Morgan fingerprint density at radius 3 is 2.65 bits per heavy atom. The van der Waals surface area contributed by atoms with Crippen LogP contribution in [0.2, 0.25) is 5.02 Å². The molecule has 0 aliphatic carbocycles. The lowest BCUT2D eigenvalue weighted by Crippen LogP contribution is -2.14. The molecule has 1 aromatic heterocycles. The first-order valence-electron chi connectivity index (χ1n) is 5.44. The number of carbonyl (C=O) groups excluding carboxylic acids is 1. The first-order chi connectivity index (χ1) is 7.93. The molecule has 4 heteroatoms. The lowest BCUT2D eigenvalue weighted by molar-refractivity contribution is -0.117. The minimum Gasteiger partial charge on any atom is -0.369 e. The van der Waals surface area contributed by atoms with Crippen LogP contribution in [0.25, 0.3) is 10.9 Å². The number of halogens is 1. The van der Waals surface area contributed by atoms with Gasteiger partial charge in [-0.25, -0.2) is 0 Å². The largest absolute Gasteiger partial charge is 0.369 e. The highest BCUT2D eigenvalue weighted by atomic mass is 35.5. The van der Waals surface area contributed by atoms with E-state index in [-0.39, 0.29) is 12.3 Å². The second-order valence-electron chi connectivity index (χ2n) is 4.33. The topological polar surface area (TPSA) is 48.0 Å². The number of carbonyl (C=O) groups is 1. The molecule has 0 bridgehead atoms. The van der Waals surface area contributed by atoms with Gasteiger partial charge >= 0.3 is 0 Å². The van der Waals surface area contributed by atoms with Gasteiger partial charge in [-0.2, -0.15) is 0 Å². The molecule has 2 aromatic rings. The number of hydrogen-bond donors (Lipinski definition) is 1. The van der Waals surface area contributed by atoms with E-state index < -0.39 is 0 Å². The van der Waals surface area contributed by atoms with E-state index in [1.165, 1.54) is 0 Å². The third-order valence-corrected chi connectivity index (χ3v) is 3.73. The van der Waals surface area contributed by atoms with Gasteiger partial charge in [0, 0.05) is 23.2 Å². The minimum atomic E-state index is -0.312. The number of hydrogen-bond acceptors (Lipinski definition) is 1. The molecule has 0 atom stereocenters. The molecule has 0 saturated carbocycles. The lowest BCUT2D eigenvalue weighted by atomic mass is 10.1. The molecule has 0 fully saturated rings. The molecular formula is C13H15ClN2O. The average Bonchev–Trinajstić information content (AvgIpc) is 2.49. The van der Waals surface area contributed by atoms with E-state index in [9.17, 15) is 4.79 Å². The van der Waals surface area contributed by atoms with Crippen molar-refractivity contribution in [2.45, 2.75) is 20.3 Å². The van der Waals surface area contributed by atoms with Crippen molar-refractivity contribution in [1.82, 2.24) is 4.57 Å². The molecule has 0 aliphatic heterocycles. The lowest BCUT2D eigenvalue weighted by Gasteiger charge is -2.03. The first-order valence-corrected chi connectivity index (χ1v) is 5.82. The van der Waals surface area contributed by atoms with E-state index >= 15 is 0 Å². The van der Waals surface area contributed by atoms with Crippen LogP contribution in [0, 0.1) is 13.8 Å². The van der Waals surface area contributed by atoms with Crippen LogP contribution in [-0.2, 0) is 18.3 Å². The van der Waals surface area contributed by atoms with Crippen molar-refractivity contribution in [3.8, 4) is 0 Å². The van der Waals surface area contributed by atoms with E-state index in [1.54, 1.807) is 0 Å². The molecule has 0 spiro atoms. The highest BCUT2D eigenvalue weighted by Crippen LogP contribution is 2.31. The van der Waals surface area contributed by atoms with Crippen LogP contribution < -0.4 is 5.73 Å². The molecule has 90 valence electrons. The third kappa shape index (κ3) is 1.80. The van der Waals surface area contributed by atoms with Gasteiger partial charge in [-0.3, -0.25) is 4.79 Å². The smallest absolute Gasteiger partial charge is 0.221 e. The van der Waals surface area contributed by atoms with Gasteiger partial charge in [0.05, 0.1) is 11.9 Å². The van der Waals surface area contributed by atoms with Crippen molar-refractivity contribution in [3.63, 3.8) is 0 Å². The van der Waals surface area contributed by atoms with Crippen LogP contribution in [0.5, 0.6) is 0 Å². The van der Waals surface area contributed by atoms with Gasteiger partial charge in [0.1, 0.15) is 0 Å². The number of primary amides is 1. The Balaban J connectivity index is 2.82. The number of benzene rings is 1. The quantitative estimate of drug-likeness (QED) is 0.875. The summed E-state index contributed by atoms with van der Waals surface area (Å²) < 4.78 is 2.06. The van der Waals surface area contributed by atoms with Crippen LogP contribution in [0.1, 0.15) is 16.8 Å². The van der Waals surface area contributed by atoms with Crippen LogP contribution >= 0.6 is 11.6 Å². The molecule has 17 heavy (non-hydrogen) atoms. The van der Waals surface area contributed by atoms with E-state index in [0.29, 0.717) is 0 Å². The summed E-state index contributed by atoms with van der Waals surface area (Å²) in [7, 11) is 1.98. The fourth-order valence-corrected chi connectivity index (χ4v) is 2.47. The predicted octanol–water partition coefficient (Wildman–Crippen LogP) is 2.48. The third-order valence-electron chi connectivity index (χ3n) is 3.32. The van der Waals surface area contributed by atoms with Gasteiger partial charge in [-0.15, -0.1) is 0 Å². The molecule has 2 rings (SSSR count). The van der Waals surface area contributed by atoms with Crippen LogP contribution in [0.4, 0.5) is 0 Å². The second-order valence-corrected chi connectivity index (χ2v) is 4.74. The van der Waals surface area contributed by atoms with E-state index in [0.717, 1.165) is 32.7 Å². The molecule has 0 unspecified atom stereocenters. The Morgan fingerprint density at radius 2 is 2.06 bits per heavy atom. The van der Waals surface area contributed by atoms with Crippen molar-refractivity contribution in [3.05, 3.63) is 34.0 Å². The number of aromatic nitrogens is 1. The van der Waals surface area contributed by atoms with Gasteiger partial charge in [0.15, 0.2) is 0 Å². The monoisotopic (exact) mass is 250 g/mol. The maximum atomic E-state index is 11.1. The van der Waals surface area contributed by atoms with E-state index in [4.69, 9.17) is 17.3 Å². The highest BCUT2D eigenvalue weighted by Gasteiger charge is 2.16. The molecule has 2 N–H and O–H groups in total. The van der Waals surface area contributed by atoms with Crippen LogP contribution in [-0.4, -0.2) is 10.5 Å². The zero-order valence-electron chi connectivity index (χ0n) is 10.2. The Hall–Kier alpha value is -1.48. The fourth-order valence-electron chi connectivity index (χ4n) is 2.31. The zero-order valence-corrected chi connectivity index (χ0v) is 10.9. The molecule has 0 radical (unpaired) electrons. The molecule has 0 aliphatic rings. The Bertz CT molecular complexity index is 614. The number of rotatable bonds is 2. The second kappa shape index (κ2) is 4.08. The van der Waals surface area contributed by atoms with Gasteiger partial charge in [0.25, 0.3) is 0 Å². The molecule has 1 aromatic carbocycles. The zero-order chi connectivity index (χ0) is 12.7. The molecule has 3 nitrogen and oxygen atoms in total. The summed E-state index contributed by atoms with van der Waals surface area (Å²) in [5.74, 6) is -0.312. The summed E-state index contributed by atoms with van der Waals surface area (Å²) in [4.78, 5) is 11.1. The number of nitrogens with zero attached hydrogens (tertiary/aromatic N) is 1. The molecular weight excluding hydrogens is 236 g/mol. The Labute approximate surface area is 105 Å². The summed E-state index contributed by atoms with van der Waals surface area (Å²) in [6, 6.07) is 3.82. The van der Waals surface area contributed by atoms with Gasteiger partial charge < -0.3 is 10.3 Å². The van der Waals surface area contributed by atoms with E-state index in [2.05, 4.69) is 4.57 Å². The van der Waals surface area contributed by atoms with Crippen molar-refractivity contribution >= 4 is 28.4 Å². The van der Waals surface area contributed by atoms with Crippen molar-refractivity contribution in [1.29, 1.82) is 0 Å². The normalized spacial score (nSPS) is 11.1. The van der Waals surface area contributed by atoms with Gasteiger partial charge in [0.2, 0.25) is 5.91 Å². The standard InChI is InChI=1S/C13H15ClN2O/c1-7-11(14)5-4-9-10(6-12(15)17)8(2)16(3)13(7)9/h4-5H,6H2,1-3H3,(H2,15,17). The van der Waals surface area contributed by atoms with Gasteiger partial charge in [-0.05, 0) is 31.0 Å². The van der Waals surface area contributed by atoms with Crippen molar-refractivity contribution in [2.75, 3.05) is 0 Å². The Kier molecular flexibility index (Phi) is 2.87. The number of aryl methyl sites for hydroxylation is 2. The summed E-state index contributed by atoms with van der Waals surface area (Å²) in [5, 5.41) is 1.80. The number of fused-ring (bicyclic) bond motifs is 1. The summed E-state index contributed by atoms with van der Waals surface area (Å²) in [6.45, 7) is 3.98. The van der Waals surface area contributed by atoms with Crippen LogP contribution in [0.3, 0.4) is 0 Å². The maximum Gasteiger partial charge on any atom is 0.221 e. The molecule has 1 heterocycles. The highest BCUT2D eigenvalue weighted by molar-refractivity contribution is 6.32. The van der Waals surface area contributed by atoms with Crippen molar-refractivity contribution in [2.24, 2.45) is 12.8 Å².